The van der Waals surface area contributed by atoms with Gasteiger partial charge in [0.1, 0.15) is 0 Å². The van der Waals surface area contributed by atoms with Crippen molar-refractivity contribution >= 4 is 44.4 Å². The molecule has 0 fully saturated rings. The van der Waals surface area contributed by atoms with Crippen molar-refractivity contribution < 1.29 is 0 Å². The van der Waals surface area contributed by atoms with E-state index < -0.39 is 0 Å². The van der Waals surface area contributed by atoms with E-state index in [4.69, 9.17) is 0 Å². The molecule has 0 bridgehead atoms. The summed E-state index contributed by atoms with van der Waals surface area (Å²) < 4.78 is 5.29. The molecule has 2 nitrogen and oxygen atoms in total. The van der Waals surface area contributed by atoms with Crippen LogP contribution in [0.15, 0.2) is 158 Å². The lowest BCUT2D eigenvalue weighted by atomic mass is 9.60. The Morgan fingerprint density at radius 1 is 0.482 bits per heavy atom. The van der Waals surface area contributed by atoms with Crippen molar-refractivity contribution in [3.63, 3.8) is 0 Å². The summed E-state index contributed by atoms with van der Waals surface area (Å²) in [6, 6.07) is 58.9. The molecule has 1 aliphatic carbocycles. The molecule has 0 N–H and O–H groups in total. The molecule has 0 spiro atoms. The van der Waals surface area contributed by atoms with E-state index in [-0.39, 0.29) is 16.7 Å². The Morgan fingerprint density at radius 3 is 1.71 bits per heavy atom. The van der Waals surface area contributed by atoms with Gasteiger partial charge in [-0.05, 0) is 99.0 Å². The summed E-state index contributed by atoms with van der Waals surface area (Å²) >= 11 is 0. The normalized spacial score (nSPS) is 17.1. The number of nitrogens with zero attached hydrogens (tertiary/aromatic N) is 2. The molecular weight excluding hydrogens is 677 g/mol. The molecule has 4 heterocycles. The number of hydrogen-bond acceptors (Lipinski definition) is 0. The smallest absolute Gasteiger partial charge is 0.0586 e. The summed E-state index contributed by atoms with van der Waals surface area (Å²) in [7, 11) is 0. The molecule has 12 rings (SSSR count). The van der Waals surface area contributed by atoms with Gasteiger partial charge in [-0.2, -0.15) is 0 Å². The molecule has 0 saturated carbocycles. The third-order valence-corrected chi connectivity index (χ3v) is 13.7. The van der Waals surface area contributed by atoms with Crippen LogP contribution in [0, 0.1) is 0 Å². The average molecular weight is 719 g/mol. The zero-order valence-electron chi connectivity index (χ0n) is 32.3. The van der Waals surface area contributed by atoms with Crippen LogP contribution in [0.2, 0.25) is 0 Å². The lowest BCUT2D eigenvalue weighted by Gasteiger charge is -2.48. The van der Waals surface area contributed by atoms with Crippen molar-refractivity contribution in [2.45, 2.75) is 50.9 Å². The van der Waals surface area contributed by atoms with Crippen molar-refractivity contribution in [3.05, 3.63) is 191 Å². The van der Waals surface area contributed by atoms with Crippen molar-refractivity contribution in [1.82, 2.24) is 9.13 Å². The first-order valence-corrected chi connectivity index (χ1v) is 20.1. The van der Waals surface area contributed by atoms with Crippen molar-refractivity contribution in [3.8, 4) is 33.6 Å². The van der Waals surface area contributed by atoms with E-state index in [0.717, 1.165) is 6.42 Å². The molecule has 9 aromatic rings. The second kappa shape index (κ2) is 11.1. The third kappa shape index (κ3) is 4.11. The molecule has 0 saturated heterocycles. The SMILES string of the molecule is CC1(C)c2ccccc2-n2c3ccc(-c4ccccc4)cc3c3cc4c(c1c32)C(C)(C)C1CC(c2ccccc2)=Cc2c1n-4c1ccc(-c3ccccc3)cc21. The zero-order valence-corrected chi connectivity index (χ0v) is 32.3. The van der Waals surface area contributed by atoms with Crippen LogP contribution in [-0.2, 0) is 10.8 Å². The summed E-state index contributed by atoms with van der Waals surface area (Å²) in [5.41, 5.74) is 21.0. The molecule has 2 heteroatoms. The summed E-state index contributed by atoms with van der Waals surface area (Å²) in [5, 5.41) is 3.97. The van der Waals surface area contributed by atoms with E-state index in [2.05, 4.69) is 201 Å². The Morgan fingerprint density at radius 2 is 1.05 bits per heavy atom. The van der Waals surface area contributed by atoms with Crippen LogP contribution in [0.3, 0.4) is 0 Å². The van der Waals surface area contributed by atoms with Gasteiger partial charge in [0.15, 0.2) is 0 Å². The number of aromatic nitrogens is 2. The molecule has 0 amide bonds. The van der Waals surface area contributed by atoms with Gasteiger partial charge in [-0.3, -0.25) is 0 Å². The number of benzene rings is 7. The fourth-order valence-electron chi connectivity index (χ4n) is 11.1. The van der Waals surface area contributed by atoms with Crippen molar-refractivity contribution in [2.24, 2.45) is 0 Å². The predicted molar refractivity (Wildman–Crippen MR) is 235 cm³/mol. The largest absolute Gasteiger partial charge is 0.312 e. The van der Waals surface area contributed by atoms with E-state index in [1.165, 1.54) is 105 Å². The molecule has 2 aliphatic heterocycles. The topological polar surface area (TPSA) is 9.86 Å². The van der Waals surface area contributed by atoms with E-state index >= 15 is 0 Å². The minimum absolute atomic E-state index is 0.172. The van der Waals surface area contributed by atoms with E-state index in [1.807, 2.05) is 0 Å². The zero-order chi connectivity index (χ0) is 37.5. The van der Waals surface area contributed by atoms with Crippen LogP contribution < -0.4 is 0 Å². The maximum Gasteiger partial charge on any atom is 0.0586 e. The summed E-state index contributed by atoms with van der Waals surface area (Å²) in [6.07, 6.45) is 3.51. The Balaban J connectivity index is 1.25. The van der Waals surface area contributed by atoms with Gasteiger partial charge in [0, 0.05) is 44.2 Å². The summed E-state index contributed by atoms with van der Waals surface area (Å²) in [5.74, 6) is 0.280. The number of fused-ring (bicyclic) bond motifs is 11. The highest BCUT2D eigenvalue weighted by molar-refractivity contribution is 6.14. The first-order valence-electron chi connectivity index (χ1n) is 20.1. The average Bonchev–Trinajstić information content (AvgIpc) is 3.74. The molecule has 268 valence electrons. The third-order valence-electron chi connectivity index (χ3n) is 13.7. The van der Waals surface area contributed by atoms with Crippen LogP contribution in [0.1, 0.15) is 73.5 Å². The molecule has 3 aliphatic rings. The van der Waals surface area contributed by atoms with E-state index in [1.54, 1.807) is 0 Å². The fourth-order valence-corrected chi connectivity index (χ4v) is 11.1. The Hall–Kier alpha value is -6.38. The number of allylic oxidation sites excluding steroid dienone is 1. The fraction of sp³-hybridized carbons (Fsp3) is 0.148. The standard InChI is InChI=1S/C54H42N2/c1-53(2)43-22-14-15-23-47(43)55-45-26-24-37(34-18-10-6-11-19-34)29-40(45)42-32-48-49(50(53)52(42)55)54(3,4)44-31-38(35-20-12-7-13-21-35)30-41-39-28-36(33-16-8-5-9-17-33)25-27-46(39)56(48)51(41)44/h5-30,32,44H,31H2,1-4H3. The van der Waals surface area contributed by atoms with Crippen molar-refractivity contribution in [1.29, 1.82) is 0 Å². The van der Waals surface area contributed by atoms with Gasteiger partial charge < -0.3 is 9.13 Å². The van der Waals surface area contributed by atoms with Crippen LogP contribution in [0.25, 0.3) is 78.0 Å². The highest BCUT2D eigenvalue weighted by Crippen LogP contribution is 2.61. The van der Waals surface area contributed by atoms with E-state index in [9.17, 15) is 0 Å². The predicted octanol–water partition coefficient (Wildman–Crippen LogP) is 14.0. The molecule has 2 aromatic heterocycles. The monoisotopic (exact) mass is 718 g/mol. The highest BCUT2D eigenvalue weighted by atomic mass is 15.0. The summed E-state index contributed by atoms with van der Waals surface area (Å²) in [4.78, 5) is 0. The van der Waals surface area contributed by atoms with Crippen LogP contribution in [0.5, 0.6) is 0 Å². The molecule has 7 aromatic carbocycles. The van der Waals surface area contributed by atoms with Gasteiger partial charge in [-0.25, -0.2) is 0 Å². The Bertz CT molecular complexity index is 3130. The van der Waals surface area contributed by atoms with Crippen LogP contribution >= 0.6 is 0 Å². The van der Waals surface area contributed by atoms with E-state index in [0.29, 0.717) is 0 Å². The lowest BCUT2D eigenvalue weighted by Crippen LogP contribution is -2.40. The maximum absolute atomic E-state index is 2.69. The highest BCUT2D eigenvalue weighted by Gasteiger charge is 2.50. The minimum atomic E-state index is -0.235. The minimum Gasteiger partial charge on any atom is -0.312 e. The first kappa shape index (κ1) is 31.9. The van der Waals surface area contributed by atoms with Gasteiger partial charge in [-0.15, -0.1) is 0 Å². The molecule has 56 heavy (non-hydrogen) atoms. The van der Waals surface area contributed by atoms with Gasteiger partial charge >= 0.3 is 0 Å². The van der Waals surface area contributed by atoms with Crippen LogP contribution in [-0.4, -0.2) is 9.13 Å². The van der Waals surface area contributed by atoms with Crippen molar-refractivity contribution in [2.75, 3.05) is 0 Å². The second-order valence-corrected chi connectivity index (χ2v) is 17.4. The Labute approximate surface area is 328 Å². The van der Waals surface area contributed by atoms with Gasteiger partial charge in [-0.1, -0.05) is 149 Å². The molecular formula is C54H42N2. The molecule has 0 radical (unpaired) electrons. The van der Waals surface area contributed by atoms with Gasteiger partial charge in [0.25, 0.3) is 0 Å². The summed E-state index contributed by atoms with van der Waals surface area (Å²) in [6.45, 7) is 10.0. The second-order valence-electron chi connectivity index (χ2n) is 17.4. The number of hydrogen-bond donors (Lipinski definition) is 0. The lowest BCUT2D eigenvalue weighted by molar-refractivity contribution is 0.380. The molecule has 1 unspecified atom stereocenters. The van der Waals surface area contributed by atoms with Gasteiger partial charge in [0.2, 0.25) is 0 Å². The van der Waals surface area contributed by atoms with Gasteiger partial charge in [0.05, 0.1) is 27.9 Å². The quantitative estimate of drug-likeness (QED) is 0.172. The molecule has 1 atom stereocenters. The van der Waals surface area contributed by atoms with Crippen LogP contribution in [0.4, 0.5) is 0 Å². The first-order chi connectivity index (χ1) is 27.3. The number of rotatable bonds is 3. The number of para-hydroxylation sites is 1. The maximum atomic E-state index is 2.69. The Kier molecular flexibility index (Phi) is 6.33.